The molecule has 0 fully saturated rings. The first-order valence-electron chi connectivity index (χ1n) is 10.8. The first-order chi connectivity index (χ1) is 16.9. The van der Waals surface area contributed by atoms with Gasteiger partial charge >= 0.3 is 0 Å². The van der Waals surface area contributed by atoms with Crippen molar-refractivity contribution in [2.45, 2.75) is 16.2 Å². The number of benzene rings is 3. The molecule has 0 atom stereocenters. The van der Waals surface area contributed by atoms with E-state index in [1.165, 1.54) is 55.4 Å². The van der Waals surface area contributed by atoms with Crippen LogP contribution in [0.2, 0.25) is 10.0 Å². The van der Waals surface area contributed by atoms with E-state index < -0.39 is 32.5 Å². The van der Waals surface area contributed by atoms with E-state index in [2.05, 4.69) is 0 Å². The maximum Gasteiger partial charge on any atom is 0.264 e. The highest BCUT2D eigenvalue weighted by atomic mass is 35.5. The Labute approximate surface area is 220 Å². The molecule has 0 aromatic heterocycles. The molecule has 0 saturated heterocycles. The summed E-state index contributed by atoms with van der Waals surface area (Å²) in [5.74, 6) is -0.470. The molecule has 36 heavy (non-hydrogen) atoms. The average molecular weight is 569 g/mol. The number of nitrogens with zero attached hydrogens (tertiary/aromatic N) is 3. The van der Waals surface area contributed by atoms with Crippen LogP contribution in [0.25, 0.3) is 0 Å². The van der Waals surface area contributed by atoms with E-state index in [4.69, 9.17) is 23.2 Å². The van der Waals surface area contributed by atoms with Crippen molar-refractivity contribution in [1.82, 2.24) is 4.31 Å². The van der Waals surface area contributed by atoms with Gasteiger partial charge in [-0.1, -0.05) is 41.4 Å². The van der Waals surface area contributed by atoms with Gasteiger partial charge in [-0.2, -0.15) is 0 Å². The lowest BCUT2D eigenvalue weighted by atomic mass is 10.2. The number of rotatable bonds is 7. The summed E-state index contributed by atoms with van der Waals surface area (Å²) in [6.45, 7) is -0.202. The van der Waals surface area contributed by atoms with Crippen LogP contribution in [0.1, 0.15) is 5.56 Å². The first kappa shape index (κ1) is 26.4. The minimum atomic E-state index is -4.12. The van der Waals surface area contributed by atoms with Crippen molar-refractivity contribution in [3.05, 3.63) is 82.3 Å². The van der Waals surface area contributed by atoms with Crippen LogP contribution in [0, 0.1) is 0 Å². The number of hydrogen-bond acceptors (Lipinski definition) is 5. The highest BCUT2D eigenvalue weighted by Gasteiger charge is 2.32. The Hall–Kier alpha value is -2.63. The lowest BCUT2D eigenvalue weighted by Gasteiger charge is -2.27. The van der Waals surface area contributed by atoms with Gasteiger partial charge in [-0.05, 0) is 60.5 Å². The van der Waals surface area contributed by atoms with Crippen LogP contribution >= 0.6 is 23.2 Å². The lowest BCUT2D eigenvalue weighted by Crippen LogP contribution is -2.42. The summed E-state index contributed by atoms with van der Waals surface area (Å²) in [6, 6.07) is 16.7. The Balaban J connectivity index is 1.69. The van der Waals surface area contributed by atoms with Crippen molar-refractivity contribution in [2.75, 3.05) is 36.4 Å². The fourth-order valence-corrected chi connectivity index (χ4v) is 6.56. The summed E-state index contributed by atoms with van der Waals surface area (Å²) < 4.78 is 54.2. The van der Waals surface area contributed by atoms with E-state index in [0.29, 0.717) is 24.2 Å². The zero-order valence-corrected chi connectivity index (χ0v) is 22.6. The molecule has 1 aliphatic heterocycles. The zero-order chi connectivity index (χ0) is 26.3. The molecule has 0 N–H and O–H groups in total. The van der Waals surface area contributed by atoms with E-state index in [-0.39, 0.29) is 25.5 Å². The minimum absolute atomic E-state index is 0.0178. The van der Waals surface area contributed by atoms with Gasteiger partial charge in [-0.25, -0.2) is 21.1 Å². The molecular weight excluding hydrogens is 545 g/mol. The standard InChI is InChI=1S/C24H23Cl2N3O5S2/c1-27(2)35(31,32)20-9-11-23-17(14-20)12-13-28(23)24(30)16-29(18-8-10-21(25)22(26)15-18)36(33,34)19-6-4-3-5-7-19/h3-11,14-15H,12-13,16H2,1-2H3. The van der Waals surface area contributed by atoms with Crippen LogP contribution in [-0.2, 0) is 31.3 Å². The Morgan fingerprint density at radius 1 is 0.861 bits per heavy atom. The van der Waals surface area contributed by atoms with Crippen LogP contribution in [0.15, 0.2) is 76.5 Å². The van der Waals surface area contributed by atoms with Gasteiger partial charge in [0.25, 0.3) is 10.0 Å². The second kappa shape index (κ2) is 10.0. The van der Waals surface area contributed by atoms with E-state index >= 15 is 0 Å². The second-order valence-corrected chi connectivity index (χ2v) is 13.1. The Morgan fingerprint density at radius 2 is 1.56 bits per heavy atom. The minimum Gasteiger partial charge on any atom is -0.310 e. The van der Waals surface area contributed by atoms with E-state index in [0.717, 1.165) is 8.61 Å². The molecule has 0 radical (unpaired) electrons. The van der Waals surface area contributed by atoms with Crippen molar-refractivity contribution < 1.29 is 21.6 Å². The third-order valence-corrected chi connectivity index (χ3v) is 10.2. The molecule has 0 bridgehead atoms. The zero-order valence-electron chi connectivity index (χ0n) is 19.4. The van der Waals surface area contributed by atoms with Gasteiger partial charge in [0, 0.05) is 26.3 Å². The van der Waals surface area contributed by atoms with Gasteiger partial charge in [0.2, 0.25) is 15.9 Å². The summed E-state index contributed by atoms with van der Waals surface area (Å²) in [5.41, 5.74) is 1.43. The summed E-state index contributed by atoms with van der Waals surface area (Å²) >= 11 is 12.2. The number of carbonyl (C=O) groups excluding carboxylic acids is 1. The molecule has 1 aliphatic rings. The normalized spacial score (nSPS) is 13.6. The SMILES string of the molecule is CN(C)S(=O)(=O)c1ccc2c(c1)CCN2C(=O)CN(c1ccc(Cl)c(Cl)c1)S(=O)(=O)c1ccccc1. The molecule has 4 rings (SSSR count). The molecule has 0 saturated carbocycles. The Kier molecular flexibility index (Phi) is 7.36. The fraction of sp³-hybridized carbons (Fsp3) is 0.208. The molecule has 0 spiro atoms. The lowest BCUT2D eigenvalue weighted by molar-refractivity contribution is -0.117. The van der Waals surface area contributed by atoms with Crippen molar-refractivity contribution in [3.8, 4) is 0 Å². The molecular formula is C24H23Cl2N3O5S2. The number of anilines is 2. The van der Waals surface area contributed by atoms with Gasteiger partial charge in [-0.15, -0.1) is 0 Å². The number of fused-ring (bicyclic) bond motifs is 1. The van der Waals surface area contributed by atoms with Gasteiger partial charge in [0.1, 0.15) is 6.54 Å². The summed E-state index contributed by atoms with van der Waals surface area (Å²) in [6.07, 6.45) is 0.441. The highest BCUT2D eigenvalue weighted by Crippen LogP contribution is 2.33. The van der Waals surface area contributed by atoms with Crippen LogP contribution < -0.4 is 9.21 Å². The van der Waals surface area contributed by atoms with Gasteiger partial charge < -0.3 is 4.90 Å². The monoisotopic (exact) mass is 567 g/mol. The Bertz CT molecular complexity index is 1530. The van der Waals surface area contributed by atoms with E-state index in [1.54, 1.807) is 30.3 Å². The average Bonchev–Trinajstić information content (AvgIpc) is 3.28. The molecule has 190 valence electrons. The van der Waals surface area contributed by atoms with Crippen molar-refractivity contribution >= 4 is 60.5 Å². The molecule has 12 heteroatoms. The predicted octanol–water partition coefficient (Wildman–Crippen LogP) is 4.03. The maximum absolute atomic E-state index is 13.6. The van der Waals surface area contributed by atoms with Crippen LogP contribution in [0.4, 0.5) is 11.4 Å². The number of sulfonamides is 2. The second-order valence-electron chi connectivity index (χ2n) is 8.30. The predicted molar refractivity (Wildman–Crippen MR) is 141 cm³/mol. The smallest absolute Gasteiger partial charge is 0.264 e. The molecule has 0 unspecified atom stereocenters. The summed E-state index contributed by atoms with van der Waals surface area (Å²) in [4.78, 5) is 15.1. The van der Waals surface area contributed by atoms with Crippen LogP contribution in [0.3, 0.4) is 0 Å². The topological polar surface area (TPSA) is 95.1 Å². The molecule has 1 heterocycles. The van der Waals surface area contributed by atoms with Crippen molar-refractivity contribution in [3.63, 3.8) is 0 Å². The van der Waals surface area contributed by atoms with Crippen molar-refractivity contribution in [2.24, 2.45) is 0 Å². The first-order valence-corrected chi connectivity index (χ1v) is 14.4. The van der Waals surface area contributed by atoms with Crippen LogP contribution in [0.5, 0.6) is 0 Å². The van der Waals surface area contributed by atoms with Gasteiger partial charge in [-0.3, -0.25) is 9.10 Å². The highest BCUT2D eigenvalue weighted by molar-refractivity contribution is 7.92. The fourth-order valence-electron chi connectivity index (χ4n) is 3.89. The quantitative estimate of drug-likeness (QED) is 0.429. The Morgan fingerprint density at radius 3 is 2.19 bits per heavy atom. The maximum atomic E-state index is 13.6. The number of hydrogen-bond donors (Lipinski definition) is 0. The van der Waals surface area contributed by atoms with E-state index in [9.17, 15) is 21.6 Å². The van der Waals surface area contributed by atoms with Crippen molar-refractivity contribution in [1.29, 1.82) is 0 Å². The molecule has 8 nitrogen and oxygen atoms in total. The summed E-state index contributed by atoms with van der Waals surface area (Å²) in [7, 11) is -4.86. The largest absolute Gasteiger partial charge is 0.310 e. The number of halogens is 2. The number of carbonyl (C=O) groups is 1. The third kappa shape index (κ3) is 4.96. The van der Waals surface area contributed by atoms with E-state index in [1.807, 2.05) is 0 Å². The number of amides is 1. The molecule has 1 amide bonds. The van der Waals surface area contributed by atoms with Gasteiger partial charge in [0.15, 0.2) is 0 Å². The molecule has 0 aliphatic carbocycles. The molecule has 3 aromatic rings. The third-order valence-electron chi connectivity index (χ3n) is 5.83. The summed E-state index contributed by atoms with van der Waals surface area (Å²) in [5, 5.41) is 0.400. The van der Waals surface area contributed by atoms with Crippen LogP contribution in [-0.4, -0.2) is 54.2 Å². The van der Waals surface area contributed by atoms with Gasteiger partial charge in [0.05, 0.1) is 25.5 Å². The molecule has 3 aromatic carbocycles.